The van der Waals surface area contributed by atoms with Crippen LogP contribution in [0.2, 0.25) is 0 Å². The number of carbonyl (C=O) groups excluding carboxylic acids is 2. The third-order valence-corrected chi connectivity index (χ3v) is 5.17. The number of hydrogen-bond donors (Lipinski definition) is 3. The van der Waals surface area contributed by atoms with Crippen LogP contribution in [-0.2, 0) is 13.1 Å². The normalized spacial score (nSPS) is 15.5. The Kier molecular flexibility index (Phi) is 5.70. The van der Waals surface area contributed by atoms with Gasteiger partial charge in [0.2, 0.25) is 0 Å². The Morgan fingerprint density at radius 1 is 1.39 bits per heavy atom. The van der Waals surface area contributed by atoms with Crippen molar-refractivity contribution in [3.8, 4) is 17.0 Å². The molecule has 162 valence electrons. The molecule has 0 radical (unpaired) electrons. The van der Waals surface area contributed by atoms with Crippen LogP contribution in [0.3, 0.4) is 0 Å². The molecular formula is C21H25N7O3. The van der Waals surface area contributed by atoms with Crippen LogP contribution in [0.25, 0.3) is 11.3 Å². The zero-order chi connectivity index (χ0) is 22.0. The lowest BCUT2D eigenvalue weighted by Gasteiger charge is -2.25. The fraction of sp³-hybridized carbons (Fsp3) is 0.381. The highest BCUT2D eigenvalue weighted by Crippen LogP contribution is 2.25. The molecule has 1 atom stereocenters. The fourth-order valence-corrected chi connectivity index (χ4v) is 3.76. The maximum Gasteiger partial charge on any atom is 0.274 e. The number of aromatic amines is 1. The zero-order valence-corrected chi connectivity index (χ0v) is 17.7. The van der Waals surface area contributed by atoms with Gasteiger partial charge in [-0.25, -0.2) is 4.68 Å². The number of rotatable bonds is 7. The Bertz CT molecular complexity index is 1100. The minimum Gasteiger partial charge on any atom is -0.497 e. The molecule has 0 saturated heterocycles. The van der Waals surface area contributed by atoms with Crippen LogP contribution in [-0.4, -0.2) is 50.2 Å². The summed E-state index contributed by atoms with van der Waals surface area (Å²) in [6.45, 7) is 4.90. The number of benzene rings is 1. The van der Waals surface area contributed by atoms with Crippen LogP contribution in [0.4, 0.5) is 0 Å². The standard InChI is InChI=1S/C21H25N7O3/c1-12(2)7-15-11-28-19(21(30)24-15)18(26-27-28)20(29)22-9-14-10-23-25-17(14)13-5-4-6-16(8-13)31-3/h4-6,8,10,12,15H,7,9,11H2,1-3H3,(H,22,29)(H,23,25)(H,24,30)/t15-/m0/s1. The number of aromatic nitrogens is 5. The lowest BCUT2D eigenvalue weighted by molar-refractivity contribution is 0.0870. The number of ether oxygens (including phenoxy) is 1. The molecule has 10 nitrogen and oxygen atoms in total. The van der Waals surface area contributed by atoms with Gasteiger partial charge < -0.3 is 15.4 Å². The van der Waals surface area contributed by atoms with E-state index >= 15 is 0 Å². The van der Waals surface area contributed by atoms with Gasteiger partial charge in [0.25, 0.3) is 11.8 Å². The number of nitrogens with zero attached hydrogens (tertiary/aromatic N) is 4. The van der Waals surface area contributed by atoms with Crippen molar-refractivity contribution in [3.63, 3.8) is 0 Å². The van der Waals surface area contributed by atoms with E-state index in [0.29, 0.717) is 12.5 Å². The van der Waals surface area contributed by atoms with Crippen LogP contribution in [0.1, 0.15) is 46.8 Å². The summed E-state index contributed by atoms with van der Waals surface area (Å²) in [6, 6.07) is 7.52. The van der Waals surface area contributed by atoms with Crippen molar-refractivity contribution in [1.29, 1.82) is 0 Å². The number of hydrogen-bond acceptors (Lipinski definition) is 6. The SMILES string of the molecule is COc1cccc(-c2[nH]ncc2CNC(=O)c2nnn3c2C(=O)N[C@@H](CC(C)C)C3)c1. The lowest BCUT2D eigenvalue weighted by Crippen LogP contribution is -2.46. The second kappa shape index (κ2) is 8.58. The molecule has 0 saturated carbocycles. The van der Waals surface area contributed by atoms with Gasteiger partial charge in [-0.3, -0.25) is 14.7 Å². The molecule has 0 aliphatic carbocycles. The maximum atomic E-state index is 12.8. The molecule has 31 heavy (non-hydrogen) atoms. The van der Waals surface area contributed by atoms with E-state index in [1.54, 1.807) is 13.3 Å². The Balaban J connectivity index is 1.47. The van der Waals surface area contributed by atoms with E-state index in [1.165, 1.54) is 4.68 Å². The zero-order valence-electron chi connectivity index (χ0n) is 17.7. The predicted molar refractivity (Wildman–Crippen MR) is 112 cm³/mol. The van der Waals surface area contributed by atoms with Crippen molar-refractivity contribution >= 4 is 11.8 Å². The molecule has 2 amide bonds. The summed E-state index contributed by atoms with van der Waals surface area (Å²) in [5, 5.41) is 20.8. The predicted octanol–water partition coefficient (Wildman–Crippen LogP) is 1.76. The van der Waals surface area contributed by atoms with E-state index in [2.05, 4.69) is 45.0 Å². The first-order chi connectivity index (χ1) is 15.0. The number of methoxy groups -OCH3 is 1. The number of carbonyl (C=O) groups is 2. The average Bonchev–Trinajstić information content (AvgIpc) is 3.39. The van der Waals surface area contributed by atoms with Crippen molar-refractivity contribution in [1.82, 2.24) is 35.8 Å². The molecule has 0 bridgehead atoms. The average molecular weight is 423 g/mol. The first-order valence-electron chi connectivity index (χ1n) is 10.2. The van der Waals surface area contributed by atoms with E-state index < -0.39 is 5.91 Å². The van der Waals surface area contributed by atoms with Crippen molar-refractivity contribution in [2.45, 2.75) is 39.4 Å². The van der Waals surface area contributed by atoms with E-state index in [4.69, 9.17) is 4.74 Å². The molecule has 1 aliphatic rings. The summed E-state index contributed by atoms with van der Waals surface area (Å²) in [4.78, 5) is 25.3. The minimum atomic E-state index is -0.462. The van der Waals surface area contributed by atoms with Gasteiger partial charge in [0.15, 0.2) is 11.4 Å². The van der Waals surface area contributed by atoms with Crippen molar-refractivity contribution in [2.75, 3.05) is 7.11 Å². The van der Waals surface area contributed by atoms with Gasteiger partial charge in [-0.1, -0.05) is 31.2 Å². The quantitative estimate of drug-likeness (QED) is 0.532. The third kappa shape index (κ3) is 4.27. The third-order valence-electron chi connectivity index (χ3n) is 5.17. The van der Waals surface area contributed by atoms with Gasteiger partial charge >= 0.3 is 0 Å². The van der Waals surface area contributed by atoms with Gasteiger partial charge in [-0.2, -0.15) is 5.10 Å². The minimum absolute atomic E-state index is 0.0195. The number of nitrogens with one attached hydrogen (secondary N) is 3. The molecule has 1 aromatic carbocycles. The van der Waals surface area contributed by atoms with Crippen LogP contribution in [0.15, 0.2) is 30.5 Å². The summed E-state index contributed by atoms with van der Waals surface area (Å²) in [5.41, 5.74) is 2.67. The van der Waals surface area contributed by atoms with Crippen LogP contribution in [0, 0.1) is 5.92 Å². The second-order valence-electron chi connectivity index (χ2n) is 7.95. The molecule has 10 heteroatoms. The van der Waals surface area contributed by atoms with Crippen LogP contribution < -0.4 is 15.4 Å². The Morgan fingerprint density at radius 2 is 2.23 bits per heavy atom. The molecule has 1 aliphatic heterocycles. The van der Waals surface area contributed by atoms with Crippen LogP contribution >= 0.6 is 0 Å². The summed E-state index contributed by atoms with van der Waals surface area (Å²) >= 11 is 0. The summed E-state index contributed by atoms with van der Waals surface area (Å²) in [7, 11) is 1.61. The largest absolute Gasteiger partial charge is 0.497 e. The van der Waals surface area contributed by atoms with Gasteiger partial charge in [0.1, 0.15) is 5.75 Å². The van der Waals surface area contributed by atoms with Crippen molar-refractivity contribution in [2.24, 2.45) is 5.92 Å². The highest BCUT2D eigenvalue weighted by atomic mass is 16.5. The van der Waals surface area contributed by atoms with Crippen LogP contribution in [0.5, 0.6) is 5.75 Å². The fourth-order valence-electron chi connectivity index (χ4n) is 3.76. The molecule has 0 spiro atoms. The van der Waals surface area contributed by atoms with Gasteiger partial charge in [0.05, 0.1) is 25.5 Å². The summed E-state index contributed by atoms with van der Waals surface area (Å²) in [5.74, 6) is 0.371. The Labute approximate surface area is 179 Å². The number of amides is 2. The summed E-state index contributed by atoms with van der Waals surface area (Å²) < 4.78 is 6.79. The molecule has 3 heterocycles. The molecule has 3 aromatic rings. The Hall–Kier alpha value is -3.69. The molecule has 0 unspecified atom stereocenters. The smallest absolute Gasteiger partial charge is 0.274 e. The first kappa shape index (κ1) is 20.6. The van der Waals surface area contributed by atoms with Crippen molar-refractivity contribution in [3.05, 3.63) is 47.4 Å². The van der Waals surface area contributed by atoms with E-state index in [0.717, 1.165) is 29.0 Å². The topological polar surface area (TPSA) is 127 Å². The molecule has 2 aromatic heterocycles. The van der Waals surface area contributed by atoms with Gasteiger partial charge in [0, 0.05) is 23.7 Å². The highest BCUT2D eigenvalue weighted by molar-refractivity contribution is 6.05. The van der Waals surface area contributed by atoms with Crippen molar-refractivity contribution < 1.29 is 14.3 Å². The first-order valence-corrected chi connectivity index (χ1v) is 10.2. The van der Waals surface area contributed by atoms with E-state index in [1.807, 2.05) is 24.3 Å². The summed E-state index contributed by atoms with van der Waals surface area (Å²) in [6.07, 6.45) is 2.49. The van der Waals surface area contributed by atoms with Gasteiger partial charge in [-0.15, -0.1) is 5.10 Å². The van der Waals surface area contributed by atoms with E-state index in [-0.39, 0.29) is 29.9 Å². The lowest BCUT2D eigenvalue weighted by atomic mass is 10.0. The maximum absolute atomic E-state index is 12.8. The molecule has 3 N–H and O–H groups in total. The Morgan fingerprint density at radius 3 is 3.00 bits per heavy atom. The molecular weight excluding hydrogens is 398 g/mol. The number of fused-ring (bicyclic) bond motifs is 1. The van der Waals surface area contributed by atoms with Gasteiger partial charge in [-0.05, 0) is 24.5 Å². The molecule has 4 rings (SSSR count). The monoisotopic (exact) mass is 423 g/mol. The van der Waals surface area contributed by atoms with E-state index in [9.17, 15) is 9.59 Å². The number of H-pyrrole nitrogens is 1. The molecule has 0 fully saturated rings. The second-order valence-corrected chi connectivity index (χ2v) is 7.95. The highest BCUT2D eigenvalue weighted by Gasteiger charge is 2.32.